The van der Waals surface area contributed by atoms with E-state index in [4.69, 9.17) is 14.2 Å². The number of nitrogens with one attached hydrogen (secondary N) is 1. The summed E-state index contributed by atoms with van der Waals surface area (Å²) in [5, 5.41) is 3.20. The molecule has 0 bridgehead atoms. The highest BCUT2D eigenvalue weighted by molar-refractivity contribution is 9.10. The second-order valence-corrected chi connectivity index (χ2v) is 8.04. The minimum atomic E-state index is -0.154. The Balaban J connectivity index is 1.80. The summed E-state index contributed by atoms with van der Waals surface area (Å²) in [6.45, 7) is 6.52. The van der Waals surface area contributed by atoms with Gasteiger partial charge in [0.25, 0.3) is 5.91 Å². The largest absolute Gasteiger partial charge is 0.493 e. The molecular formula is C23H29BrN2O4. The number of halogens is 1. The molecule has 1 amide bonds. The molecular weight excluding hydrogens is 448 g/mol. The van der Waals surface area contributed by atoms with Crippen molar-refractivity contribution in [2.75, 3.05) is 46.6 Å². The zero-order chi connectivity index (χ0) is 21.3. The molecule has 162 valence electrons. The van der Waals surface area contributed by atoms with Crippen LogP contribution in [0, 0.1) is 0 Å². The lowest BCUT2D eigenvalue weighted by Gasteiger charge is -2.31. The molecule has 1 fully saturated rings. The van der Waals surface area contributed by atoms with Crippen LogP contribution < -0.4 is 14.8 Å². The Labute approximate surface area is 186 Å². The predicted octanol–water partition coefficient (Wildman–Crippen LogP) is 4.05. The first-order valence-corrected chi connectivity index (χ1v) is 11.1. The van der Waals surface area contributed by atoms with Gasteiger partial charge in [0.1, 0.15) is 0 Å². The number of amides is 1. The van der Waals surface area contributed by atoms with Gasteiger partial charge in [-0.3, -0.25) is 9.69 Å². The molecule has 1 saturated heterocycles. The van der Waals surface area contributed by atoms with Gasteiger partial charge in [-0.1, -0.05) is 37.3 Å². The molecule has 3 rings (SSSR count). The van der Waals surface area contributed by atoms with Crippen LogP contribution >= 0.6 is 15.9 Å². The van der Waals surface area contributed by atoms with Crippen molar-refractivity contribution in [3.63, 3.8) is 0 Å². The third kappa shape index (κ3) is 5.97. The Hall–Kier alpha value is -2.09. The Morgan fingerprint density at radius 2 is 1.97 bits per heavy atom. The molecule has 30 heavy (non-hydrogen) atoms. The van der Waals surface area contributed by atoms with Crippen LogP contribution in [0.1, 0.15) is 35.3 Å². The van der Waals surface area contributed by atoms with Gasteiger partial charge < -0.3 is 19.5 Å². The Morgan fingerprint density at radius 1 is 1.23 bits per heavy atom. The van der Waals surface area contributed by atoms with E-state index in [1.54, 1.807) is 19.2 Å². The van der Waals surface area contributed by atoms with Crippen molar-refractivity contribution in [1.82, 2.24) is 10.2 Å². The van der Waals surface area contributed by atoms with Crippen LogP contribution in [-0.4, -0.2) is 57.4 Å². The van der Waals surface area contributed by atoms with Crippen molar-refractivity contribution >= 4 is 21.8 Å². The topological polar surface area (TPSA) is 60.0 Å². The fourth-order valence-corrected chi connectivity index (χ4v) is 3.95. The molecule has 0 aliphatic carbocycles. The lowest BCUT2D eigenvalue weighted by Crippen LogP contribution is -2.43. The van der Waals surface area contributed by atoms with Gasteiger partial charge in [-0.2, -0.15) is 0 Å². The summed E-state index contributed by atoms with van der Waals surface area (Å²) in [5.74, 6) is 0.995. The molecule has 1 atom stereocenters. The third-order valence-electron chi connectivity index (χ3n) is 4.99. The minimum absolute atomic E-state index is 0.127. The zero-order valence-corrected chi connectivity index (χ0v) is 19.1. The molecule has 0 radical (unpaired) electrons. The van der Waals surface area contributed by atoms with Gasteiger partial charge in [-0.05, 0) is 40.0 Å². The van der Waals surface area contributed by atoms with E-state index >= 15 is 0 Å². The highest BCUT2D eigenvalue weighted by Crippen LogP contribution is 2.37. The van der Waals surface area contributed by atoms with Gasteiger partial charge >= 0.3 is 0 Å². The van der Waals surface area contributed by atoms with E-state index in [1.165, 1.54) is 0 Å². The number of benzene rings is 2. The molecule has 1 unspecified atom stereocenters. The van der Waals surface area contributed by atoms with E-state index in [9.17, 15) is 4.79 Å². The maximum Gasteiger partial charge on any atom is 0.251 e. The Kier molecular flexibility index (Phi) is 8.54. The summed E-state index contributed by atoms with van der Waals surface area (Å²) >= 11 is 3.52. The van der Waals surface area contributed by atoms with Crippen LogP contribution in [0.3, 0.4) is 0 Å². The van der Waals surface area contributed by atoms with E-state index in [0.29, 0.717) is 28.1 Å². The second-order valence-electron chi connectivity index (χ2n) is 7.19. The summed E-state index contributed by atoms with van der Waals surface area (Å²) in [4.78, 5) is 15.5. The van der Waals surface area contributed by atoms with Gasteiger partial charge in [-0.25, -0.2) is 0 Å². The number of hydrogen-bond acceptors (Lipinski definition) is 5. The standard InChI is InChI=1S/C23H29BrN2O4/c1-3-11-30-22-19(24)14-18(15-21(22)28-2)23(27)25-20(17-7-5-4-6-8-17)16-26-9-12-29-13-10-26/h4-8,14-15,20H,3,9-13,16H2,1-2H3,(H,25,27). The van der Waals surface area contributed by atoms with Gasteiger partial charge in [0.05, 0.1) is 37.4 Å². The first-order chi connectivity index (χ1) is 14.6. The summed E-state index contributed by atoms with van der Waals surface area (Å²) in [6, 6.07) is 13.4. The molecule has 2 aromatic rings. The minimum Gasteiger partial charge on any atom is -0.493 e. The normalized spacial score (nSPS) is 15.4. The number of methoxy groups -OCH3 is 1. The SMILES string of the molecule is CCCOc1c(Br)cc(C(=O)NC(CN2CCOCC2)c2ccccc2)cc1OC. The zero-order valence-electron chi connectivity index (χ0n) is 17.5. The van der Waals surface area contributed by atoms with Crippen molar-refractivity contribution in [2.24, 2.45) is 0 Å². The van der Waals surface area contributed by atoms with Crippen LogP contribution in [0.4, 0.5) is 0 Å². The van der Waals surface area contributed by atoms with Gasteiger partial charge in [-0.15, -0.1) is 0 Å². The van der Waals surface area contributed by atoms with E-state index in [2.05, 4.69) is 26.1 Å². The van der Waals surface area contributed by atoms with E-state index in [0.717, 1.165) is 44.8 Å². The van der Waals surface area contributed by atoms with Crippen LogP contribution in [0.5, 0.6) is 11.5 Å². The number of nitrogens with zero attached hydrogens (tertiary/aromatic N) is 1. The van der Waals surface area contributed by atoms with Gasteiger partial charge in [0.2, 0.25) is 0 Å². The number of carbonyl (C=O) groups is 1. The molecule has 2 aromatic carbocycles. The van der Waals surface area contributed by atoms with Crippen LogP contribution in [0.15, 0.2) is 46.9 Å². The lowest BCUT2D eigenvalue weighted by molar-refractivity contribution is 0.0332. The molecule has 0 aromatic heterocycles. The molecule has 0 spiro atoms. The third-order valence-corrected chi connectivity index (χ3v) is 5.58. The van der Waals surface area contributed by atoms with Crippen molar-refractivity contribution < 1.29 is 19.0 Å². The fraction of sp³-hybridized carbons (Fsp3) is 0.435. The maximum absolute atomic E-state index is 13.1. The monoisotopic (exact) mass is 476 g/mol. The second kappa shape index (κ2) is 11.3. The Bertz CT molecular complexity index is 825. The number of carbonyl (C=O) groups excluding carboxylic acids is 1. The number of morpholine rings is 1. The average Bonchev–Trinajstić information content (AvgIpc) is 2.78. The molecule has 0 saturated carbocycles. The smallest absolute Gasteiger partial charge is 0.251 e. The summed E-state index contributed by atoms with van der Waals surface area (Å²) in [5.41, 5.74) is 1.59. The van der Waals surface area contributed by atoms with Crippen LogP contribution in [0.2, 0.25) is 0 Å². The molecule has 1 aliphatic heterocycles. The molecule has 1 aliphatic rings. The van der Waals surface area contributed by atoms with Crippen molar-refractivity contribution in [2.45, 2.75) is 19.4 Å². The number of rotatable bonds is 9. The first kappa shape index (κ1) is 22.6. The van der Waals surface area contributed by atoms with Gasteiger partial charge in [0, 0.05) is 25.2 Å². The highest BCUT2D eigenvalue weighted by atomic mass is 79.9. The maximum atomic E-state index is 13.1. The van der Waals surface area contributed by atoms with Crippen molar-refractivity contribution in [3.8, 4) is 11.5 Å². The molecule has 1 heterocycles. The van der Waals surface area contributed by atoms with E-state index < -0.39 is 0 Å². The van der Waals surface area contributed by atoms with Crippen LogP contribution in [-0.2, 0) is 4.74 Å². The van der Waals surface area contributed by atoms with Crippen LogP contribution in [0.25, 0.3) is 0 Å². The predicted molar refractivity (Wildman–Crippen MR) is 120 cm³/mol. The first-order valence-electron chi connectivity index (χ1n) is 10.3. The van der Waals surface area contributed by atoms with Crippen molar-refractivity contribution in [3.05, 3.63) is 58.1 Å². The molecule has 6 nitrogen and oxygen atoms in total. The summed E-state index contributed by atoms with van der Waals surface area (Å²) in [7, 11) is 1.58. The lowest BCUT2D eigenvalue weighted by atomic mass is 10.0. The number of hydrogen-bond donors (Lipinski definition) is 1. The molecule has 1 N–H and O–H groups in total. The molecule has 7 heteroatoms. The van der Waals surface area contributed by atoms with E-state index in [-0.39, 0.29) is 11.9 Å². The Morgan fingerprint density at radius 3 is 2.63 bits per heavy atom. The van der Waals surface area contributed by atoms with Crippen molar-refractivity contribution in [1.29, 1.82) is 0 Å². The number of ether oxygens (including phenoxy) is 3. The summed E-state index contributed by atoms with van der Waals surface area (Å²) in [6.07, 6.45) is 0.887. The quantitative estimate of drug-likeness (QED) is 0.591. The fourth-order valence-electron chi connectivity index (χ4n) is 3.40. The highest BCUT2D eigenvalue weighted by Gasteiger charge is 2.22. The van der Waals surface area contributed by atoms with E-state index in [1.807, 2.05) is 37.3 Å². The average molecular weight is 477 g/mol. The van der Waals surface area contributed by atoms with Gasteiger partial charge in [0.15, 0.2) is 11.5 Å². The summed E-state index contributed by atoms with van der Waals surface area (Å²) < 4.78 is 17.4.